The first-order valence-corrected chi connectivity index (χ1v) is 9.87. The number of fused-ring (bicyclic) bond motifs is 2. The van der Waals surface area contributed by atoms with Gasteiger partial charge in [0.15, 0.2) is 5.65 Å². The van der Waals surface area contributed by atoms with Gasteiger partial charge in [0.25, 0.3) is 5.91 Å². The second-order valence-corrected chi connectivity index (χ2v) is 7.93. The molecule has 0 radical (unpaired) electrons. The zero-order valence-electron chi connectivity index (χ0n) is 15.5. The van der Waals surface area contributed by atoms with Crippen molar-refractivity contribution in [3.8, 4) is 11.3 Å². The molecule has 9 heteroatoms. The van der Waals surface area contributed by atoms with Crippen molar-refractivity contribution in [3.63, 3.8) is 0 Å². The first-order chi connectivity index (χ1) is 13.6. The lowest BCUT2D eigenvalue weighted by Gasteiger charge is -2.32. The molecule has 4 aromatic rings. The number of nitrogens with zero attached hydrogens (tertiary/aromatic N) is 6. The lowest BCUT2D eigenvalue weighted by Crippen LogP contribution is -2.46. The van der Waals surface area contributed by atoms with Crippen molar-refractivity contribution in [2.24, 2.45) is 7.05 Å². The fourth-order valence-electron chi connectivity index (χ4n) is 3.42. The molecule has 8 nitrogen and oxygen atoms in total. The zero-order chi connectivity index (χ0) is 19.3. The van der Waals surface area contributed by atoms with Gasteiger partial charge in [0.05, 0.1) is 29.8 Å². The minimum absolute atomic E-state index is 0.0444. The third-order valence-electron chi connectivity index (χ3n) is 4.96. The molecule has 0 saturated carbocycles. The van der Waals surface area contributed by atoms with E-state index >= 15 is 0 Å². The van der Waals surface area contributed by atoms with Crippen molar-refractivity contribution in [2.45, 2.75) is 13.0 Å². The van der Waals surface area contributed by atoms with Crippen LogP contribution in [0.2, 0.25) is 0 Å². The van der Waals surface area contributed by atoms with Crippen LogP contribution in [0.5, 0.6) is 0 Å². The molecule has 1 aliphatic heterocycles. The van der Waals surface area contributed by atoms with Gasteiger partial charge in [0.2, 0.25) is 0 Å². The summed E-state index contributed by atoms with van der Waals surface area (Å²) < 4.78 is 7.07. The number of aromatic nitrogens is 5. The van der Waals surface area contributed by atoms with Crippen molar-refractivity contribution in [2.75, 3.05) is 19.8 Å². The number of aryl methyl sites for hydroxylation is 1. The molecule has 5 rings (SSSR count). The zero-order valence-corrected chi connectivity index (χ0v) is 16.3. The highest BCUT2D eigenvalue weighted by atomic mass is 32.1. The van der Waals surface area contributed by atoms with Gasteiger partial charge in [0, 0.05) is 30.7 Å². The van der Waals surface area contributed by atoms with Crippen LogP contribution in [0.15, 0.2) is 30.5 Å². The van der Waals surface area contributed by atoms with Gasteiger partial charge in [-0.05, 0) is 31.2 Å². The summed E-state index contributed by atoms with van der Waals surface area (Å²) in [5.41, 5.74) is 3.13. The van der Waals surface area contributed by atoms with Crippen LogP contribution >= 0.6 is 11.3 Å². The summed E-state index contributed by atoms with van der Waals surface area (Å²) in [5.74, 6) is 0.0444. The summed E-state index contributed by atoms with van der Waals surface area (Å²) in [6.07, 6.45) is 1.77. The number of morpholine rings is 1. The van der Waals surface area contributed by atoms with Crippen molar-refractivity contribution in [3.05, 3.63) is 35.3 Å². The Morgan fingerprint density at radius 1 is 1.32 bits per heavy atom. The standard InChI is InChI=1S/C19H18N6O2S/c1-11-10-27-6-5-25(11)19(26)16-8-12-3-4-14(21-18(12)28-16)13-7-15-17(20-9-13)24(2)23-22-15/h3-4,7-9,11H,5-6,10H2,1-2H3. The summed E-state index contributed by atoms with van der Waals surface area (Å²) in [7, 11) is 1.81. The number of amides is 1. The number of hydrogen-bond acceptors (Lipinski definition) is 7. The summed E-state index contributed by atoms with van der Waals surface area (Å²) in [5, 5.41) is 9.07. The molecule has 1 unspecified atom stereocenters. The van der Waals surface area contributed by atoms with E-state index < -0.39 is 0 Å². The normalized spacial score (nSPS) is 17.5. The van der Waals surface area contributed by atoms with Crippen LogP contribution in [0.3, 0.4) is 0 Å². The number of carbonyl (C=O) groups is 1. The molecule has 0 spiro atoms. The molecule has 1 aliphatic rings. The Morgan fingerprint density at radius 3 is 3.07 bits per heavy atom. The maximum Gasteiger partial charge on any atom is 0.264 e. The lowest BCUT2D eigenvalue weighted by atomic mass is 10.1. The highest BCUT2D eigenvalue weighted by Crippen LogP contribution is 2.29. The Morgan fingerprint density at radius 2 is 2.21 bits per heavy atom. The third kappa shape index (κ3) is 2.83. The molecule has 0 bridgehead atoms. The number of rotatable bonds is 2. The highest BCUT2D eigenvalue weighted by Gasteiger charge is 2.26. The number of thiophene rings is 1. The first kappa shape index (κ1) is 17.2. The largest absolute Gasteiger partial charge is 0.377 e. The maximum absolute atomic E-state index is 12.9. The van der Waals surface area contributed by atoms with Crippen molar-refractivity contribution < 1.29 is 9.53 Å². The van der Waals surface area contributed by atoms with E-state index in [4.69, 9.17) is 9.72 Å². The first-order valence-electron chi connectivity index (χ1n) is 9.05. The predicted octanol–water partition coefficient (Wildman–Crippen LogP) is 2.50. The van der Waals surface area contributed by atoms with Gasteiger partial charge in [-0.1, -0.05) is 5.21 Å². The van der Waals surface area contributed by atoms with E-state index in [0.29, 0.717) is 24.6 Å². The quantitative estimate of drug-likeness (QED) is 0.519. The molecule has 0 aliphatic carbocycles. The fourth-order valence-corrected chi connectivity index (χ4v) is 4.41. The van der Waals surface area contributed by atoms with E-state index in [2.05, 4.69) is 15.3 Å². The number of hydrogen-bond donors (Lipinski definition) is 0. The highest BCUT2D eigenvalue weighted by molar-refractivity contribution is 7.20. The van der Waals surface area contributed by atoms with Crippen LogP contribution in [0.4, 0.5) is 0 Å². The molecule has 1 atom stereocenters. The molecule has 1 fully saturated rings. The molecule has 1 saturated heterocycles. The number of pyridine rings is 2. The van der Waals surface area contributed by atoms with Gasteiger partial charge in [-0.15, -0.1) is 16.4 Å². The second-order valence-electron chi connectivity index (χ2n) is 6.90. The molecular weight excluding hydrogens is 376 g/mol. The van der Waals surface area contributed by atoms with Crippen molar-refractivity contribution in [1.82, 2.24) is 29.9 Å². The number of carbonyl (C=O) groups excluding carboxylic acids is 1. The van der Waals surface area contributed by atoms with Crippen LogP contribution in [0, 0.1) is 0 Å². The average molecular weight is 394 g/mol. The van der Waals surface area contributed by atoms with E-state index in [0.717, 1.165) is 32.6 Å². The van der Waals surface area contributed by atoms with E-state index in [-0.39, 0.29) is 11.9 Å². The van der Waals surface area contributed by atoms with Gasteiger partial charge >= 0.3 is 0 Å². The van der Waals surface area contributed by atoms with E-state index in [1.54, 1.807) is 10.9 Å². The molecule has 0 N–H and O–H groups in total. The molecule has 0 aromatic carbocycles. The molecule has 1 amide bonds. The maximum atomic E-state index is 12.9. The third-order valence-corrected chi connectivity index (χ3v) is 5.99. The minimum atomic E-state index is 0.0444. The topological polar surface area (TPSA) is 86.0 Å². The van der Waals surface area contributed by atoms with Gasteiger partial charge < -0.3 is 9.64 Å². The van der Waals surface area contributed by atoms with Gasteiger partial charge in [-0.25, -0.2) is 14.6 Å². The molecule has 4 aromatic heterocycles. The van der Waals surface area contributed by atoms with Crippen LogP contribution in [0.25, 0.3) is 32.6 Å². The lowest BCUT2D eigenvalue weighted by molar-refractivity contribution is 0.00387. The Hall–Kier alpha value is -2.91. The smallest absolute Gasteiger partial charge is 0.264 e. The van der Waals surface area contributed by atoms with E-state index in [1.165, 1.54) is 11.3 Å². The predicted molar refractivity (Wildman–Crippen MR) is 106 cm³/mol. The van der Waals surface area contributed by atoms with Crippen LogP contribution < -0.4 is 0 Å². The van der Waals surface area contributed by atoms with Crippen LogP contribution in [-0.2, 0) is 11.8 Å². The minimum Gasteiger partial charge on any atom is -0.377 e. The van der Waals surface area contributed by atoms with Crippen molar-refractivity contribution in [1.29, 1.82) is 0 Å². The Balaban J connectivity index is 1.49. The monoisotopic (exact) mass is 394 g/mol. The molecule has 142 valence electrons. The fraction of sp³-hybridized carbons (Fsp3) is 0.316. The van der Waals surface area contributed by atoms with E-state index in [9.17, 15) is 4.79 Å². The SMILES string of the molecule is CC1COCCN1C(=O)c1cc2ccc(-c3cnc4c(c3)nnn4C)nc2s1. The average Bonchev–Trinajstić information content (AvgIpc) is 3.30. The molecule has 28 heavy (non-hydrogen) atoms. The van der Waals surface area contributed by atoms with E-state index in [1.807, 2.05) is 43.1 Å². The summed E-state index contributed by atoms with van der Waals surface area (Å²) >= 11 is 1.42. The Labute approximate surface area is 164 Å². The van der Waals surface area contributed by atoms with Crippen LogP contribution in [0.1, 0.15) is 16.6 Å². The summed E-state index contributed by atoms with van der Waals surface area (Å²) in [4.78, 5) is 25.5. The Bertz CT molecular complexity index is 1200. The molecular formula is C19H18N6O2S. The van der Waals surface area contributed by atoms with Crippen LogP contribution in [-0.4, -0.2) is 61.6 Å². The van der Waals surface area contributed by atoms with Gasteiger partial charge in [-0.3, -0.25) is 4.79 Å². The Kier molecular flexibility index (Phi) is 4.06. The number of ether oxygens (including phenoxy) is 1. The van der Waals surface area contributed by atoms with Crippen molar-refractivity contribution >= 4 is 38.6 Å². The summed E-state index contributed by atoms with van der Waals surface area (Å²) in [6.45, 7) is 3.80. The second kappa shape index (κ2) is 6.61. The molecule has 5 heterocycles. The van der Waals surface area contributed by atoms with Gasteiger partial charge in [-0.2, -0.15) is 0 Å². The van der Waals surface area contributed by atoms with Gasteiger partial charge in [0.1, 0.15) is 10.3 Å². The summed E-state index contributed by atoms with van der Waals surface area (Å²) in [6, 6.07) is 7.87.